The van der Waals surface area contributed by atoms with Gasteiger partial charge in [-0.15, -0.1) is 0 Å². The fraction of sp³-hybridized carbons (Fsp3) is 0.357. The first-order valence-corrected chi connectivity index (χ1v) is 5.99. The van der Waals surface area contributed by atoms with Crippen molar-refractivity contribution in [3.8, 4) is 0 Å². The van der Waals surface area contributed by atoms with Crippen LogP contribution in [-0.2, 0) is 14.3 Å². The van der Waals surface area contributed by atoms with Gasteiger partial charge < -0.3 is 10.1 Å². The normalized spacial score (nSPS) is 11.5. The highest BCUT2D eigenvalue weighted by atomic mass is 16.5. The molecule has 0 spiro atoms. The van der Waals surface area contributed by atoms with Gasteiger partial charge in [0.05, 0.1) is 7.11 Å². The Hall–Kier alpha value is -2.17. The third-order valence-electron chi connectivity index (χ3n) is 2.75. The molecule has 0 fully saturated rings. The molecule has 1 rings (SSSR count). The van der Waals surface area contributed by atoms with Crippen LogP contribution in [0.5, 0.6) is 0 Å². The van der Waals surface area contributed by atoms with E-state index in [-0.39, 0.29) is 5.78 Å². The third-order valence-corrected chi connectivity index (χ3v) is 2.75. The molecule has 0 saturated heterocycles. The summed E-state index contributed by atoms with van der Waals surface area (Å²) in [6.45, 7) is 3.18. The number of anilines is 1. The largest absolute Gasteiger partial charge is 0.468 e. The van der Waals surface area contributed by atoms with Crippen molar-refractivity contribution in [2.24, 2.45) is 5.92 Å². The monoisotopic (exact) mass is 263 g/mol. The molecule has 0 aliphatic carbocycles. The molecule has 102 valence electrons. The molecule has 1 N–H and O–H groups in total. The minimum absolute atomic E-state index is 0.0869. The zero-order valence-electron chi connectivity index (χ0n) is 11.2. The maximum atomic E-state index is 11.9. The Morgan fingerprint density at radius 3 is 2.53 bits per heavy atom. The fourth-order valence-corrected chi connectivity index (χ4v) is 1.65. The molecular weight excluding hydrogens is 246 g/mol. The second-order valence-electron chi connectivity index (χ2n) is 4.11. The Balaban J connectivity index is 2.84. The molecule has 1 atom stereocenters. The first-order chi connectivity index (χ1) is 8.99. The number of rotatable bonds is 5. The number of nitrogens with one attached hydrogen (secondary N) is 1. The Labute approximate surface area is 111 Å². The van der Waals surface area contributed by atoms with Crippen LogP contribution < -0.4 is 5.32 Å². The van der Waals surface area contributed by atoms with Gasteiger partial charge in [-0.2, -0.15) is 0 Å². The van der Waals surface area contributed by atoms with Gasteiger partial charge in [-0.1, -0.05) is 19.1 Å². The molecule has 1 aromatic carbocycles. The van der Waals surface area contributed by atoms with E-state index >= 15 is 0 Å². The van der Waals surface area contributed by atoms with Crippen molar-refractivity contribution in [2.45, 2.75) is 20.3 Å². The second kappa shape index (κ2) is 6.68. The Morgan fingerprint density at radius 2 is 2.00 bits per heavy atom. The topological polar surface area (TPSA) is 72.5 Å². The van der Waals surface area contributed by atoms with E-state index in [0.717, 1.165) is 0 Å². The summed E-state index contributed by atoms with van der Waals surface area (Å²) >= 11 is 0. The molecular formula is C14H17NO4. The third kappa shape index (κ3) is 3.91. The Bertz CT molecular complexity index is 496. The van der Waals surface area contributed by atoms with Crippen LogP contribution in [0.3, 0.4) is 0 Å². The van der Waals surface area contributed by atoms with Crippen molar-refractivity contribution >= 4 is 23.3 Å². The average Bonchev–Trinajstić information content (AvgIpc) is 2.39. The predicted molar refractivity (Wildman–Crippen MR) is 70.9 cm³/mol. The quantitative estimate of drug-likeness (QED) is 0.501. The number of methoxy groups -OCH3 is 1. The van der Waals surface area contributed by atoms with Gasteiger partial charge in [0.2, 0.25) is 5.91 Å². The summed E-state index contributed by atoms with van der Waals surface area (Å²) in [7, 11) is 1.24. The minimum atomic E-state index is -0.842. The number of carbonyl (C=O) groups is 3. The number of benzene rings is 1. The van der Waals surface area contributed by atoms with E-state index in [2.05, 4.69) is 10.1 Å². The Morgan fingerprint density at radius 1 is 1.32 bits per heavy atom. The molecule has 1 amide bonds. The molecule has 0 aromatic heterocycles. The number of amides is 1. The van der Waals surface area contributed by atoms with E-state index in [1.807, 2.05) is 0 Å². The van der Waals surface area contributed by atoms with Crippen molar-refractivity contribution in [1.82, 2.24) is 0 Å². The van der Waals surface area contributed by atoms with Crippen molar-refractivity contribution in [3.63, 3.8) is 0 Å². The van der Waals surface area contributed by atoms with Crippen LogP contribution in [0.2, 0.25) is 0 Å². The van der Waals surface area contributed by atoms with Crippen molar-refractivity contribution < 1.29 is 19.1 Å². The molecule has 0 radical (unpaired) electrons. The van der Waals surface area contributed by atoms with Crippen LogP contribution >= 0.6 is 0 Å². The number of ketones is 1. The second-order valence-corrected chi connectivity index (χ2v) is 4.11. The van der Waals surface area contributed by atoms with Crippen LogP contribution in [0.25, 0.3) is 0 Å². The van der Waals surface area contributed by atoms with E-state index in [9.17, 15) is 14.4 Å². The lowest BCUT2D eigenvalue weighted by Gasteiger charge is -2.13. The van der Waals surface area contributed by atoms with Gasteiger partial charge in [0.25, 0.3) is 0 Å². The highest BCUT2D eigenvalue weighted by Crippen LogP contribution is 2.14. The van der Waals surface area contributed by atoms with Gasteiger partial charge in [-0.25, -0.2) is 0 Å². The van der Waals surface area contributed by atoms with E-state index < -0.39 is 17.8 Å². The van der Waals surface area contributed by atoms with Gasteiger partial charge in [0.15, 0.2) is 5.78 Å². The number of Topliss-reactive ketones (excluding diaryl/α,β-unsaturated/α-hetero) is 1. The van der Waals surface area contributed by atoms with Crippen LogP contribution in [0.4, 0.5) is 5.69 Å². The van der Waals surface area contributed by atoms with Gasteiger partial charge in [0.1, 0.15) is 5.92 Å². The zero-order valence-corrected chi connectivity index (χ0v) is 11.2. The molecule has 5 heteroatoms. The Kier molecular flexibility index (Phi) is 5.23. The highest BCUT2D eigenvalue weighted by Gasteiger charge is 2.25. The molecule has 5 nitrogen and oxygen atoms in total. The summed E-state index contributed by atoms with van der Waals surface area (Å²) in [6.07, 6.45) is 0.352. The molecule has 19 heavy (non-hydrogen) atoms. The number of ether oxygens (including phenoxy) is 1. The number of carbonyl (C=O) groups excluding carboxylic acids is 3. The number of esters is 1. The molecule has 0 aliphatic rings. The van der Waals surface area contributed by atoms with Crippen molar-refractivity contribution in [1.29, 1.82) is 0 Å². The summed E-state index contributed by atoms with van der Waals surface area (Å²) in [6, 6.07) is 6.57. The van der Waals surface area contributed by atoms with Crippen molar-refractivity contribution in [3.05, 3.63) is 29.8 Å². The van der Waals surface area contributed by atoms with E-state index in [1.54, 1.807) is 31.2 Å². The molecule has 1 aromatic rings. The van der Waals surface area contributed by atoms with Gasteiger partial charge in [0, 0.05) is 11.3 Å². The van der Waals surface area contributed by atoms with Gasteiger partial charge >= 0.3 is 5.97 Å². The zero-order chi connectivity index (χ0) is 14.4. The van der Waals surface area contributed by atoms with Crippen LogP contribution in [0.15, 0.2) is 24.3 Å². The molecule has 1 unspecified atom stereocenters. The molecule has 0 aliphatic heterocycles. The lowest BCUT2D eigenvalue weighted by Crippen LogP contribution is -2.30. The average molecular weight is 263 g/mol. The van der Waals surface area contributed by atoms with E-state index in [1.165, 1.54) is 14.0 Å². The summed E-state index contributed by atoms with van der Waals surface area (Å²) in [5, 5.41) is 2.61. The standard InChI is InChI=1S/C14H17NO4/c1-4-12(14(18)19-3)13(17)15-11-7-5-6-10(8-11)9(2)16/h5-8,12H,4H2,1-3H3,(H,15,17). The highest BCUT2D eigenvalue weighted by molar-refractivity contribution is 6.05. The maximum Gasteiger partial charge on any atom is 0.318 e. The van der Waals surface area contributed by atoms with Gasteiger partial charge in [-0.05, 0) is 25.5 Å². The number of hydrogen-bond acceptors (Lipinski definition) is 4. The lowest BCUT2D eigenvalue weighted by atomic mass is 10.1. The first kappa shape index (κ1) is 14.9. The minimum Gasteiger partial charge on any atom is -0.468 e. The summed E-state index contributed by atoms with van der Waals surface area (Å²) in [5.74, 6) is -1.93. The lowest BCUT2D eigenvalue weighted by molar-refractivity contribution is -0.148. The molecule has 0 saturated carbocycles. The summed E-state index contributed by atoms with van der Waals surface area (Å²) in [4.78, 5) is 34.6. The first-order valence-electron chi connectivity index (χ1n) is 5.99. The maximum absolute atomic E-state index is 11.9. The number of hydrogen-bond donors (Lipinski definition) is 1. The smallest absolute Gasteiger partial charge is 0.318 e. The van der Waals surface area contributed by atoms with Crippen LogP contribution in [-0.4, -0.2) is 24.8 Å². The van der Waals surface area contributed by atoms with Crippen LogP contribution in [0, 0.1) is 5.92 Å². The van der Waals surface area contributed by atoms with Crippen molar-refractivity contribution in [2.75, 3.05) is 12.4 Å². The summed E-state index contributed by atoms with van der Waals surface area (Å²) in [5.41, 5.74) is 0.990. The van der Waals surface area contributed by atoms with Crippen LogP contribution in [0.1, 0.15) is 30.6 Å². The van der Waals surface area contributed by atoms with E-state index in [4.69, 9.17) is 0 Å². The van der Waals surface area contributed by atoms with E-state index in [0.29, 0.717) is 17.7 Å². The summed E-state index contributed by atoms with van der Waals surface area (Å²) < 4.78 is 4.57. The fourth-order valence-electron chi connectivity index (χ4n) is 1.65. The SMILES string of the molecule is CCC(C(=O)Nc1cccc(C(C)=O)c1)C(=O)OC. The molecule has 0 bridgehead atoms. The van der Waals surface area contributed by atoms with Gasteiger partial charge in [-0.3, -0.25) is 14.4 Å². The predicted octanol–water partition coefficient (Wildman–Crippen LogP) is 2.03. The molecule has 0 heterocycles.